The Bertz CT molecular complexity index is 1140. The molecule has 0 N–H and O–H groups in total. The van der Waals surface area contributed by atoms with E-state index in [1.807, 2.05) is 23.6 Å². The highest BCUT2D eigenvalue weighted by Crippen LogP contribution is 2.24. The molecule has 0 aliphatic rings. The molecular weight excluding hydrogens is 402 g/mol. The van der Waals surface area contributed by atoms with Crippen LogP contribution in [0.1, 0.15) is 43.6 Å². The Morgan fingerprint density at radius 3 is 2.50 bits per heavy atom. The highest BCUT2D eigenvalue weighted by atomic mass is 32.1. The summed E-state index contributed by atoms with van der Waals surface area (Å²) in [7, 11) is 0. The van der Waals surface area contributed by atoms with Crippen LogP contribution in [0.25, 0.3) is 10.2 Å². The van der Waals surface area contributed by atoms with Gasteiger partial charge >= 0.3 is 0 Å². The Morgan fingerprint density at radius 1 is 1.20 bits per heavy atom. The first kappa shape index (κ1) is 21.9. The number of nitrogens with zero attached hydrogens (tertiary/aromatic N) is 3. The molecule has 1 heterocycles. The number of rotatable bonds is 6. The van der Waals surface area contributed by atoms with Crippen molar-refractivity contribution in [3.63, 3.8) is 0 Å². The van der Waals surface area contributed by atoms with E-state index in [4.69, 9.17) is 4.74 Å². The van der Waals surface area contributed by atoms with Crippen LogP contribution in [0.5, 0.6) is 0 Å². The van der Waals surface area contributed by atoms with Crippen LogP contribution >= 0.6 is 11.3 Å². The van der Waals surface area contributed by atoms with E-state index in [-0.39, 0.29) is 17.0 Å². The number of benzene rings is 2. The SMILES string of the molecule is CCOCCn1c(=NC(=O)c2ccc(C(C)(C)C)cc2)sc2ccc([N+](=O)[O-])cc21. The Kier molecular flexibility index (Phi) is 6.48. The van der Waals surface area contributed by atoms with Gasteiger partial charge in [-0.1, -0.05) is 44.2 Å². The summed E-state index contributed by atoms with van der Waals surface area (Å²) in [4.78, 5) is 28.4. The molecule has 3 aromatic rings. The maximum absolute atomic E-state index is 12.8. The van der Waals surface area contributed by atoms with Gasteiger partial charge in [-0.25, -0.2) is 0 Å². The van der Waals surface area contributed by atoms with Crippen molar-refractivity contribution in [3.05, 3.63) is 68.5 Å². The highest BCUT2D eigenvalue weighted by molar-refractivity contribution is 7.16. The van der Waals surface area contributed by atoms with Crippen LogP contribution < -0.4 is 4.80 Å². The van der Waals surface area contributed by atoms with Crippen molar-refractivity contribution >= 4 is 33.1 Å². The van der Waals surface area contributed by atoms with Gasteiger partial charge in [-0.2, -0.15) is 4.99 Å². The zero-order valence-corrected chi connectivity index (χ0v) is 18.4. The van der Waals surface area contributed by atoms with Crippen molar-refractivity contribution in [2.45, 2.75) is 39.7 Å². The molecule has 0 bridgehead atoms. The number of fused-ring (bicyclic) bond motifs is 1. The molecule has 2 aromatic carbocycles. The number of non-ortho nitro benzene ring substituents is 1. The van der Waals surface area contributed by atoms with Crippen LogP contribution in [0.2, 0.25) is 0 Å². The quantitative estimate of drug-likeness (QED) is 0.324. The highest BCUT2D eigenvalue weighted by Gasteiger charge is 2.16. The molecular formula is C22H25N3O4S. The lowest BCUT2D eigenvalue weighted by molar-refractivity contribution is -0.384. The molecule has 8 heteroatoms. The predicted molar refractivity (Wildman–Crippen MR) is 118 cm³/mol. The molecule has 0 unspecified atom stereocenters. The summed E-state index contributed by atoms with van der Waals surface area (Å²) in [6.45, 7) is 9.69. The van der Waals surface area contributed by atoms with Crippen molar-refractivity contribution in [3.8, 4) is 0 Å². The van der Waals surface area contributed by atoms with Crippen LogP contribution in [-0.4, -0.2) is 28.6 Å². The zero-order valence-electron chi connectivity index (χ0n) is 17.5. The summed E-state index contributed by atoms with van der Waals surface area (Å²) in [5.41, 5.74) is 2.31. The number of nitro benzene ring substituents is 1. The molecule has 3 rings (SSSR count). The van der Waals surface area contributed by atoms with E-state index in [2.05, 4.69) is 25.8 Å². The van der Waals surface area contributed by atoms with Gasteiger partial charge in [0.2, 0.25) is 0 Å². The molecule has 0 aliphatic carbocycles. The fraction of sp³-hybridized carbons (Fsp3) is 0.364. The van der Waals surface area contributed by atoms with Crippen LogP contribution in [0.3, 0.4) is 0 Å². The lowest BCUT2D eigenvalue weighted by Gasteiger charge is -2.18. The van der Waals surface area contributed by atoms with Gasteiger partial charge in [0, 0.05) is 30.8 Å². The van der Waals surface area contributed by atoms with E-state index < -0.39 is 4.92 Å². The molecule has 1 aromatic heterocycles. The zero-order chi connectivity index (χ0) is 21.9. The number of carbonyl (C=O) groups excluding carboxylic acids is 1. The first-order valence-corrected chi connectivity index (χ1v) is 10.6. The van der Waals surface area contributed by atoms with Crippen LogP contribution in [-0.2, 0) is 16.7 Å². The molecule has 1 amide bonds. The van der Waals surface area contributed by atoms with E-state index in [1.165, 1.54) is 23.5 Å². The number of thiazole rings is 1. The van der Waals surface area contributed by atoms with Crippen molar-refractivity contribution in [2.75, 3.05) is 13.2 Å². The lowest BCUT2D eigenvalue weighted by atomic mass is 9.87. The van der Waals surface area contributed by atoms with Gasteiger partial charge in [0.1, 0.15) is 0 Å². The average Bonchev–Trinajstić information content (AvgIpc) is 3.04. The standard InChI is InChI=1S/C22H25N3O4S/c1-5-29-13-12-24-18-14-17(25(27)28)10-11-19(18)30-21(24)23-20(26)15-6-8-16(9-7-15)22(2,3)4/h6-11,14H,5,12-13H2,1-4H3. The Balaban J connectivity index is 2.04. The summed E-state index contributed by atoms with van der Waals surface area (Å²) in [6, 6.07) is 12.1. The van der Waals surface area contributed by atoms with E-state index in [9.17, 15) is 14.9 Å². The number of hydrogen-bond donors (Lipinski definition) is 0. The molecule has 0 saturated heterocycles. The molecule has 0 saturated carbocycles. The summed E-state index contributed by atoms with van der Waals surface area (Å²) in [5, 5.41) is 11.2. The van der Waals surface area contributed by atoms with Gasteiger partial charge in [0.25, 0.3) is 11.6 Å². The summed E-state index contributed by atoms with van der Waals surface area (Å²) in [6.07, 6.45) is 0. The molecule has 0 atom stereocenters. The maximum atomic E-state index is 12.8. The van der Waals surface area contributed by atoms with Crippen molar-refractivity contribution in [1.82, 2.24) is 4.57 Å². The summed E-state index contributed by atoms with van der Waals surface area (Å²) >= 11 is 1.33. The van der Waals surface area contributed by atoms with Crippen LogP contribution in [0, 0.1) is 10.1 Å². The third kappa shape index (κ3) is 4.83. The van der Waals surface area contributed by atoms with E-state index >= 15 is 0 Å². The number of nitro groups is 1. The fourth-order valence-electron chi connectivity index (χ4n) is 3.04. The van der Waals surface area contributed by atoms with Crippen LogP contribution in [0.4, 0.5) is 5.69 Å². The Morgan fingerprint density at radius 2 is 1.90 bits per heavy atom. The lowest BCUT2D eigenvalue weighted by Crippen LogP contribution is -2.20. The maximum Gasteiger partial charge on any atom is 0.279 e. The number of amides is 1. The molecule has 30 heavy (non-hydrogen) atoms. The topological polar surface area (TPSA) is 86.7 Å². The third-order valence-electron chi connectivity index (χ3n) is 4.73. The molecule has 0 radical (unpaired) electrons. The monoisotopic (exact) mass is 427 g/mol. The van der Waals surface area contributed by atoms with Crippen LogP contribution in [0.15, 0.2) is 47.5 Å². The second-order valence-electron chi connectivity index (χ2n) is 7.89. The van der Waals surface area contributed by atoms with Gasteiger partial charge in [0.15, 0.2) is 4.80 Å². The van der Waals surface area contributed by atoms with E-state index in [0.717, 1.165) is 10.3 Å². The minimum atomic E-state index is -0.428. The van der Waals surface area contributed by atoms with Crippen molar-refractivity contribution in [1.29, 1.82) is 0 Å². The first-order chi connectivity index (χ1) is 14.2. The number of aromatic nitrogens is 1. The smallest absolute Gasteiger partial charge is 0.279 e. The van der Waals surface area contributed by atoms with Crippen molar-refractivity contribution < 1.29 is 14.5 Å². The number of ether oxygens (including phenoxy) is 1. The minimum absolute atomic E-state index is 0.00102. The third-order valence-corrected chi connectivity index (χ3v) is 5.79. The second kappa shape index (κ2) is 8.89. The van der Waals surface area contributed by atoms with Gasteiger partial charge < -0.3 is 9.30 Å². The second-order valence-corrected chi connectivity index (χ2v) is 8.90. The van der Waals surface area contributed by atoms with Gasteiger partial charge in [-0.05, 0) is 36.1 Å². The Hall–Kier alpha value is -2.84. The molecule has 0 spiro atoms. The van der Waals surface area contributed by atoms with Gasteiger partial charge in [-0.15, -0.1) is 0 Å². The minimum Gasteiger partial charge on any atom is -0.380 e. The number of carbonyl (C=O) groups is 1. The average molecular weight is 428 g/mol. The molecule has 0 fully saturated rings. The van der Waals surface area contributed by atoms with Crippen molar-refractivity contribution in [2.24, 2.45) is 4.99 Å². The molecule has 0 aliphatic heterocycles. The van der Waals surface area contributed by atoms with E-state index in [1.54, 1.807) is 18.2 Å². The Labute approximate surface area is 178 Å². The molecule has 7 nitrogen and oxygen atoms in total. The largest absolute Gasteiger partial charge is 0.380 e. The predicted octanol–water partition coefficient (Wildman–Crippen LogP) is 4.69. The molecule has 158 valence electrons. The summed E-state index contributed by atoms with van der Waals surface area (Å²) in [5.74, 6) is -0.346. The van der Waals surface area contributed by atoms with E-state index in [0.29, 0.717) is 35.6 Å². The normalized spacial score (nSPS) is 12.5. The van der Waals surface area contributed by atoms with Gasteiger partial charge in [-0.3, -0.25) is 14.9 Å². The number of hydrogen-bond acceptors (Lipinski definition) is 5. The van der Waals surface area contributed by atoms with Gasteiger partial charge in [0.05, 0.1) is 21.7 Å². The first-order valence-electron chi connectivity index (χ1n) is 9.76. The summed E-state index contributed by atoms with van der Waals surface area (Å²) < 4.78 is 8.08. The fourth-order valence-corrected chi connectivity index (χ4v) is 4.07.